The Bertz CT molecular complexity index is 4570. The van der Waals surface area contributed by atoms with Crippen LogP contribution in [-0.2, 0) is 0 Å². The normalized spacial score (nSPS) is 14.0. The molecule has 0 N–H and O–H groups in total. The van der Waals surface area contributed by atoms with Crippen molar-refractivity contribution in [3.8, 4) is 33.4 Å². The number of hydrogen-bond donors (Lipinski definition) is 0. The Hall–Kier alpha value is -10.0. The highest BCUT2D eigenvalue weighted by molar-refractivity contribution is 6.23. The summed E-state index contributed by atoms with van der Waals surface area (Å²) < 4.78 is 0. The molecule has 0 spiro atoms. The molecular formula is C76H52N2. The average molecular weight is 993 g/mol. The van der Waals surface area contributed by atoms with Crippen LogP contribution < -0.4 is 9.80 Å². The van der Waals surface area contributed by atoms with Crippen LogP contribution in [0, 0.1) is 5.92 Å². The summed E-state index contributed by atoms with van der Waals surface area (Å²) in [4.78, 5) is 4.95. The van der Waals surface area contributed by atoms with Crippen molar-refractivity contribution in [3.63, 3.8) is 0 Å². The number of rotatable bonds is 9. The Morgan fingerprint density at radius 2 is 0.692 bits per heavy atom. The summed E-state index contributed by atoms with van der Waals surface area (Å²) >= 11 is 0. The molecule has 0 aromatic heterocycles. The average Bonchev–Trinajstić information content (AvgIpc) is 3.59. The van der Waals surface area contributed by atoms with Crippen LogP contribution in [0.15, 0.2) is 309 Å². The molecule has 13 aromatic rings. The first-order chi connectivity index (χ1) is 38.6. The molecule has 0 saturated carbocycles. The molecule has 2 aliphatic carbocycles. The predicted octanol–water partition coefficient (Wildman–Crippen LogP) is 21.2. The minimum Gasteiger partial charge on any atom is -0.314 e. The van der Waals surface area contributed by atoms with Gasteiger partial charge in [0.2, 0.25) is 0 Å². The van der Waals surface area contributed by atoms with E-state index in [1.165, 1.54) is 109 Å². The molecule has 13 aromatic carbocycles. The van der Waals surface area contributed by atoms with E-state index in [4.69, 9.17) is 0 Å². The lowest BCUT2D eigenvalue weighted by Crippen LogP contribution is -2.21. The lowest BCUT2D eigenvalue weighted by molar-refractivity contribution is 0.732. The zero-order chi connectivity index (χ0) is 51.5. The van der Waals surface area contributed by atoms with E-state index < -0.39 is 0 Å². The minimum absolute atomic E-state index is 0.307. The molecule has 0 radical (unpaired) electrons. The third-order valence-corrected chi connectivity index (χ3v) is 16.2. The maximum absolute atomic E-state index is 2.51. The molecule has 0 fully saturated rings. The smallest absolute Gasteiger partial charge is 0.0468 e. The van der Waals surface area contributed by atoms with Crippen LogP contribution in [0.5, 0.6) is 0 Å². The topological polar surface area (TPSA) is 6.48 Å². The molecule has 0 heterocycles. The van der Waals surface area contributed by atoms with Gasteiger partial charge in [-0.05, 0) is 183 Å². The number of fused-ring (bicyclic) bond motifs is 7. The quantitative estimate of drug-likeness (QED) is 0.133. The fraction of sp³-hybridized carbons (Fsp3) is 0.0263. The first kappa shape index (κ1) is 45.4. The van der Waals surface area contributed by atoms with Crippen LogP contribution in [-0.4, -0.2) is 0 Å². The Morgan fingerprint density at radius 3 is 1.24 bits per heavy atom. The number of hydrogen-bond acceptors (Lipinski definition) is 2. The molecule has 366 valence electrons. The van der Waals surface area contributed by atoms with Crippen molar-refractivity contribution in [1.82, 2.24) is 0 Å². The zero-order valence-electron chi connectivity index (χ0n) is 43.0. The Morgan fingerprint density at radius 1 is 0.282 bits per heavy atom. The lowest BCUT2D eigenvalue weighted by Gasteiger charge is -2.33. The maximum atomic E-state index is 2.51. The van der Waals surface area contributed by atoms with Gasteiger partial charge in [-0.1, -0.05) is 225 Å². The first-order valence-corrected chi connectivity index (χ1v) is 27.1. The second-order valence-electron chi connectivity index (χ2n) is 20.9. The summed E-state index contributed by atoms with van der Waals surface area (Å²) in [5, 5.41) is 14.6. The van der Waals surface area contributed by atoms with E-state index in [2.05, 4.69) is 307 Å². The molecule has 0 amide bonds. The van der Waals surface area contributed by atoms with Gasteiger partial charge >= 0.3 is 0 Å². The van der Waals surface area contributed by atoms with E-state index in [0.29, 0.717) is 5.92 Å². The monoisotopic (exact) mass is 992 g/mol. The highest BCUT2D eigenvalue weighted by Gasteiger charge is 2.26. The molecule has 2 nitrogen and oxygen atoms in total. The van der Waals surface area contributed by atoms with E-state index in [1.807, 2.05) is 0 Å². The van der Waals surface area contributed by atoms with Crippen molar-refractivity contribution in [2.45, 2.75) is 6.42 Å². The predicted molar refractivity (Wildman–Crippen MR) is 334 cm³/mol. The van der Waals surface area contributed by atoms with Gasteiger partial charge in [0, 0.05) is 40.1 Å². The third-order valence-electron chi connectivity index (χ3n) is 16.2. The lowest BCUT2D eigenvalue weighted by atomic mass is 9.84. The SMILES string of the molecule is C1=CC2=CC=C(N(c3ccc4ccccc4c3)c3ccc4c(-c5ccccc5)c5cc(N(c6ccc7ccccc7c6)c6ccc7ccccc7c6)ccc5c(-c5ccc(-c6ccc7ccccc7c6)cc5)c4c3)CC2C=C1. The molecule has 0 saturated heterocycles. The van der Waals surface area contributed by atoms with Crippen molar-refractivity contribution in [3.05, 3.63) is 309 Å². The maximum Gasteiger partial charge on any atom is 0.0468 e. The summed E-state index contributed by atoms with van der Waals surface area (Å²) in [5.74, 6) is 0.307. The summed E-state index contributed by atoms with van der Waals surface area (Å²) in [5.41, 5.74) is 15.3. The fourth-order valence-electron chi connectivity index (χ4n) is 12.4. The van der Waals surface area contributed by atoms with Crippen molar-refractivity contribution in [2.75, 3.05) is 9.80 Å². The molecule has 15 rings (SSSR count). The molecule has 2 heteroatoms. The van der Waals surface area contributed by atoms with Gasteiger partial charge in [-0.3, -0.25) is 0 Å². The summed E-state index contributed by atoms with van der Waals surface area (Å²) in [6.45, 7) is 0. The van der Waals surface area contributed by atoms with Gasteiger partial charge in [0.25, 0.3) is 0 Å². The summed E-state index contributed by atoms with van der Waals surface area (Å²) in [6, 6.07) is 96.8. The molecule has 78 heavy (non-hydrogen) atoms. The standard InChI is InChI=1S/C76H52N2/c1-2-19-57(20-3-1)75-71-42-40-70(78(67-38-34-54-17-7-12-24-62(54)47-67)68-39-35-55-18-8-13-25-63(55)48-68)50-74(71)76(58-29-26-56(27-30-58)64-31-28-51-14-4-9-21-59(51)44-64)72-43-41-69(49-73(72)75)77(65-36-32-52-15-5-10-22-60(52)45-65)66-37-33-53-16-6-11-23-61(53)46-66/h1-47,49-50,63H,48H2. The van der Waals surface area contributed by atoms with Gasteiger partial charge in [0.1, 0.15) is 0 Å². The molecule has 0 aliphatic heterocycles. The zero-order valence-corrected chi connectivity index (χ0v) is 43.0. The van der Waals surface area contributed by atoms with Gasteiger partial charge in [-0.25, -0.2) is 0 Å². The van der Waals surface area contributed by atoms with E-state index in [1.54, 1.807) is 0 Å². The van der Waals surface area contributed by atoms with Crippen molar-refractivity contribution >= 4 is 93.1 Å². The second-order valence-corrected chi connectivity index (χ2v) is 20.9. The van der Waals surface area contributed by atoms with Gasteiger partial charge < -0.3 is 9.80 Å². The molecule has 1 unspecified atom stereocenters. The molecular weight excluding hydrogens is 941 g/mol. The minimum atomic E-state index is 0.307. The van der Waals surface area contributed by atoms with Gasteiger partial charge in [0.05, 0.1) is 0 Å². The first-order valence-electron chi connectivity index (χ1n) is 27.1. The summed E-state index contributed by atoms with van der Waals surface area (Å²) in [6.07, 6.45) is 14.5. The van der Waals surface area contributed by atoms with Gasteiger partial charge in [-0.2, -0.15) is 0 Å². The largest absolute Gasteiger partial charge is 0.314 e. The fourth-order valence-corrected chi connectivity index (χ4v) is 12.4. The highest BCUT2D eigenvalue weighted by atomic mass is 15.2. The molecule has 1 atom stereocenters. The number of anilines is 5. The molecule has 2 aliphatic rings. The van der Waals surface area contributed by atoms with E-state index in [0.717, 1.165) is 34.9 Å². The van der Waals surface area contributed by atoms with Gasteiger partial charge in [-0.15, -0.1) is 0 Å². The Labute approximate surface area is 454 Å². The van der Waals surface area contributed by atoms with E-state index >= 15 is 0 Å². The van der Waals surface area contributed by atoms with Gasteiger partial charge in [0.15, 0.2) is 0 Å². The van der Waals surface area contributed by atoms with Crippen molar-refractivity contribution in [1.29, 1.82) is 0 Å². The summed E-state index contributed by atoms with van der Waals surface area (Å²) in [7, 11) is 0. The van der Waals surface area contributed by atoms with Crippen LogP contribution in [0.25, 0.3) is 98.0 Å². The van der Waals surface area contributed by atoms with Crippen LogP contribution in [0.1, 0.15) is 6.42 Å². The van der Waals surface area contributed by atoms with Crippen LogP contribution in [0.3, 0.4) is 0 Å². The van der Waals surface area contributed by atoms with Crippen LogP contribution in [0.4, 0.5) is 28.4 Å². The highest BCUT2D eigenvalue weighted by Crippen LogP contribution is 2.49. The third kappa shape index (κ3) is 8.05. The molecule has 0 bridgehead atoms. The Kier molecular flexibility index (Phi) is 11.0. The number of allylic oxidation sites excluding steroid dienone is 8. The van der Waals surface area contributed by atoms with Crippen LogP contribution >= 0.6 is 0 Å². The van der Waals surface area contributed by atoms with E-state index in [-0.39, 0.29) is 0 Å². The number of nitrogens with zero attached hydrogens (tertiary/aromatic N) is 2. The van der Waals surface area contributed by atoms with Crippen LogP contribution in [0.2, 0.25) is 0 Å². The number of benzene rings is 13. The van der Waals surface area contributed by atoms with Crippen molar-refractivity contribution < 1.29 is 0 Å². The second kappa shape index (κ2) is 19.0. The van der Waals surface area contributed by atoms with E-state index in [9.17, 15) is 0 Å². The van der Waals surface area contributed by atoms with Crippen molar-refractivity contribution in [2.24, 2.45) is 5.92 Å². The Balaban J connectivity index is 0.994.